The molecule has 0 heterocycles. The Morgan fingerprint density at radius 2 is 1.82 bits per heavy atom. The summed E-state index contributed by atoms with van der Waals surface area (Å²) in [5.41, 5.74) is 1.98. The summed E-state index contributed by atoms with van der Waals surface area (Å²) in [6, 6.07) is 7.79. The number of hydrogen-bond donors (Lipinski definition) is 3. The lowest BCUT2D eigenvalue weighted by molar-refractivity contribution is -0.119. The van der Waals surface area contributed by atoms with E-state index in [0.29, 0.717) is 18.5 Å². The fourth-order valence-corrected chi connectivity index (χ4v) is 2.41. The van der Waals surface area contributed by atoms with Gasteiger partial charge in [-0.1, -0.05) is 50.5 Å². The summed E-state index contributed by atoms with van der Waals surface area (Å²) in [5, 5.41) is 22.7. The molecular weight excluding hydrogens is 278 g/mol. The third kappa shape index (κ3) is 7.05. The van der Waals surface area contributed by atoms with Gasteiger partial charge >= 0.3 is 0 Å². The number of carbonyl (C=O) groups excluding carboxylic acids is 1. The van der Waals surface area contributed by atoms with E-state index in [1.807, 2.05) is 24.3 Å². The van der Waals surface area contributed by atoms with E-state index in [0.717, 1.165) is 6.42 Å². The topological polar surface area (TPSA) is 69.6 Å². The highest BCUT2D eigenvalue weighted by Crippen LogP contribution is 2.20. The van der Waals surface area contributed by atoms with E-state index >= 15 is 0 Å². The van der Waals surface area contributed by atoms with Crippen LogP contribution in [-0.2, 0) is 11.2 Å². The number of carbonyl (C=O) groups is 1. The van der Waals surface area contributed by atoms with Gasteiger partial charge in [-0.05, 0) is 30.4 Å². The van der Waals surface area contributed by atoms with Crippen LogP contribution in [0.4, 0.5) is 0 Å². The molecule has 1 aromatic carbocycles. The zero-order valence-electron chi connectivity index (χ0n) is 13.7. The molecule has 0 radical (unpaired) electrons. The molecule has 1 amide bonds. The maximum atomic E-state index is 10.8. The number of amides is 1. The van der Waals surface area contributed by atoms with Gasteiger partial charge in [-0.25, -0.2) is 0 Å². The highest BCUT2D eigenvalue weighted by Gasteiger charge is 2.17. The molecule has 0 saturated carbocycles. The number of benzene rings is 1. The van der Waals surface area contributed by atoms with Crippen LogP contribution in [0.1, 0.15) is 63.2 Å². The molecule has 0 aliphatic rings. The normalized spacial score (nSPS) is 13.6. The minimum atomic E-state index is -0.914. The lowest BCUT2D eigenvalue weighted by Crippen LogP contribution is -2.27. The summed E-state index contributed by atoms with van der Waals surface area (Å²) in [7, 11) is 0. The molecule has 0 fully saturated rings. The Bertz CT molecular complexity index is 430. The van der Waals surface area contributed by atoms with Crippen molar-refractivity contribution in [3.05, 3.63) is 35.4 Å². The van der Waals surface area contributed by atoms with Gasteiger partial charge in [0.25, 0.3) is 0 Å². The predicted octanol–water partition coefficient (Wildman–Crippen LogP) is 2.73. The maximum absolute atomic E-state index is 10.8. The summed E-state index contributed by atoms with van der Waals surface area (Å²) >= 11 is 0. The standard InChI is InChI=1S/C18H29NO3/c1-3-4-5-6-7-15-8-10-16(11-9-15)18(22)17(21)12-13-19-14(2)20/h8-11,17-18,21-22H,3-7,12-13H2,1-2H3,(H,19,20). The van der Waals surface area contributed by atoms with Crippen LogP contribution < -0.4 is 5.32 Å². The number of rotatable bonds is 10. The molecule has 22 heavy (non-hydrogen) atoms. The minimum absolute atomic E-state index is 0.130. The van der Waals surface area contributed by atoms with E-state index in [-0.39, 0.29) is 5.91 Å². The van der Waals surface area contributed by atoms with Gasteiger partial charge in [0, 0.05) is 13.5 Å². The van der Waals surface area contributed by atoms with Gasteiger partial charge < -0.3 is 15.5 Å². The first-order valence-electron chi connectivity index (χ1n) is 8.24. The van der Waals surface area contributed by atoms with E-state index in [9.17, 15) is 15.0 Å². The average Bonchev–Trinajstić information content (AvgIpc) is 2.51. The quantitative estimate of drug-likeness (QED) is 0.582. The van der Waals surface area contributed by atoms with Gasteiger partial charge in [-0.3, -0.25) is 4.79 Å². The van der Waals surface area contributed by atoms with Crippen LogP contribution in [0.15, 0.2) is 24.3 Å². The molecule has 4 heteroatoms. The molecule has 2 atom stereocenters. The smallest absolute Gasteiger partial charge is 0.216 e. The highest BCUT2D eigenvalue weighted by atomic mass is 16.3. The van der Waals surface area contributed by atoms with Crippen LogP contribution in [0.25, 0.3) is 0 Å². The average molecular weight is 307 g/mol. The fourth-order valence-electron chi connectivity index (χ4n) is 2.41. The Labute approximate surface area is 133 Å². The van der Waals surface area contributed by atoms with Crippen LogP contribution in [0.3, 0.4) is 0 Å². The number of aryl methyl sites for hydroxylation is 1. The number of unbranched alkanes of at least 4 members (excludes halogenated alkanes) is 3. The molecule has 2 unspecified atom stereocenters. The van der Waals surface area contributed by atoms with Crippen molar-refractivity contribution in [3.63, 3.8) is 0 Å². The first kappa shape index (κ1) is 18.7. The van der Waals surface area contributed by atoms with Gasteiger partial charge in [-0.15, -0.1) is 0 Å². The van der Waals surface area contributed by atoms with Gasteiger partial charge in [0.2, 0.25) is 5.91 Å². The second-order valence-electron chi connectivity index (χ2n) is 5.84. The summed E-state index contributed by atoms with van der Waals surface area (Å²) in [6.45, 7) is 4.00. The fraction of sp³-hybridized carbons (Fsp3) is 0.611. The number of aliphatic hydroxyl groups is 2. The van der Waals surface area contributed by atoms with E-state index in [4.69, 9.17) is 0 Å². The number of nitrogens with one attached hydrogen (secondary N) is 1. The Balaban J connectivity index is 2.42. The van der Waals surface area contributed by atoms with Gasteiger partial charge in [0.1, 0.15) is 6.10 Å². The highest BCUT2D eigenvalue weighted by molar-refractivity contribution is 5.72. The molecule has 4 nitrogen and oxygen atoms in total. The first-order chi connectivity index (χ1) is 10.5. The SMILES string of the molecule is CCCCCCc1ccc(C(O)C(O)CCNC(C)=O)cc1. The monoisotopic (exact) mass is 307 g/mol. The molecule has 0 spiro atoms. The zero-order chi connectivity index (χ0) is 16.4. The minimum Gasteiger partial charge on any atom is -0.390 e. The molecular formula is C18H29NO3. The van der Waals surface area contributed by atoms with Crippen molar-refractivity contribution in [3.8, 4) is 0 Å². The molecule has 1 rings (SSSR count). The molecule has 3 N–H and O–H groups in total. The summed E-state index contributed by atoms with van der Waals surface area (Å²) in [5.74, 6) is -0.130. The Morgan fingerprint density at radius 3 is 2.41 bits per heavy atom. The van der Waals surface area contributed by atoms with Crippen LogP contribution >= 0.6 is 0 Å². The Hall–Kier alpha value is -1.39. The van der Waals surface area contributed by atoms with Gasteiger partial charge in [-0.2, -0.15) is 0 Å². The van der Waals surface area contributed by atoms with Crippen molar-refractivity contribution in [1.82, 2.24) is 5.32 Å². The lowest BCUT2D eigenvalue weighted by atomic mass is 9.99. The Kier molecular flexibility index (Phi) is 8.78. The number of hydrogen-bond acceptors (Lipinski definition) is 3. The maximum Gasteiger partial charge on any atom is 0.216 e. The van der Waals surface area contributed by atoms with E-state index in [1.54, 1.807) is 0 Å². The second kappa shape index (κ2) is 10.4. The van der Waals surface area contributed by atoms with Crippen molar-refractivity contribution in [2.45, 2.75) is 64.6 Å². The van der Waals surface area contributed by atoms with Crippen molar-refractivity contribution in [1.29, 1.82) is 0 Å². The van der Waals surface area contributed by atoms with Crippen LogP contribution in [0, 0.1) is 0 Å². The van der Waals surface area contributed by atoms with Crippen molar-refractivity contribution in [2.75, 3.05) is 6.54 Å². The lowest BCUT2D eigenvalue weighted by Gasteiger charge is -2.18. The molecule has 0 bridgehead atoms. The first-order valence-corrected chi connectivity index (χ1v) is 8.24. The van der Waals surface area contributed by atoms with Crippen LogP contribution in [0.5, 0.6) is 0 Å². The second-order valence-corrected chi connectivity index (χ2v) is 5.84. The summed E-state index contributed by atoms with van der Waals surface area (Å²) in [6.07, 6.45) is 4.56. The molecule has 1 aromatic rings. The Morgan fingerprint density at radius 1 is 1.14 bits per heavy atom. The molecule has 0 aliphatic carbocycles. The van der Waals surface area contributed by atoms with Crippen molar-refractivity contribution >= 4 is 5.91 Å². The van der Waals surface area contributed by atoms with E-state index in [1.165, 1.54) is 38.2 Å². The summed E-state index contributed by atoms with van der Waals surface area (Å²) < 4.78 is 0. The third-order valence-corrected chi connectivity index (χ3v) is 3.82. The van der Waals surface area contributed by atoms with Gasteiger partial charge in [0.15, 0.2) is 0 Å². The summed E-state index contributed by atoms with van der Waals surface area (Å²) in [4.78, 5) is 10.8. The molecule has 0 aliphatic heterocycles. The predicted molar refractivity (Wildman–Crippen MR) is 88.6 cm³/mol. The number of aliphatic hydroxyl groups excluding tert-OH is 2. The van der Waals surface area contributed by atoms with Gasteiger partial charge in [0.05, 0.1) is 6.10 Å². The largest absolute Gasteiger partial charge is 0.390 e. The van der Waals surface area contributed by atoms with Crippen LogP contribution in [0.2, 0.25) is 0 Å². The molecule has 124 valence electrons. The van der Waals surface area contributed by atoms with E-state index < -0.39 is 12.2 Å². The zero-order valence-corrected chi connectivity index (χ0v) is 13.7. The van der Waals surface area contributed by atoms with Crippen LogP contribution in [-0.4, -0.2) is 28.8 Å². The molecule has 0 aromatic heterocycles. The molecule has 0 saturated heterocycles. The van der Waals surface area contributed by atoms with Crippen molar-refractivity contribution in [2.24, 2.45) is 0 Å². The van der Waals surface area contributed by atoms with Crippen molar-refractivity contribution < 1.29 is 15.0 Å². The van der Waals surface area contributed by atoms with E-state index in [2.05, 4.69) is 12.2 Å². The third-order valence-electron chi connectivity index (χ3n) is 3.82.